The largest absolute Gasteiger partial charge is 0.479 e. The number of allylic oxidation sites excluding steroid dienone is 3. The Morgan fingerprint density at radius 1 is 1.69 bits per heavy atom. The fourth-order valence-corrected chi connectivity index (χ4v) is 1.14. The van der Waals surface area contributed by atoms with E-state index >= 15 is 0 Å². The number of nitrogens with zero attached hydrogens (tertiary/aromatic N) is 1. The molecule has 1 unspecified atom stereocenters. The van der Waals surface area contributed by atoms with E-state index in [9.17, 15) is 13.6 Å². The third kappa shape index (κ3) is 1.85. The van der Waals surface area contributed by atoms with Crippen molar-refractivity contribution in [2.75, 3.05) is 7.05 Å². The summed E-state index contributed by atoms with van der Waals surface area (Å²) < 4.78 is 24.5. The van der Waals surface area contributed by atoms with Gasteiger partial charge in [0.2, 0.25) is 0 Å². The summed E-state index contributed by atoms with van der Waals surface area (Å²) in [5, 5.41) is 8.64. The molecular weight excluding hydrogens is 180 g/mol. The van der Waals surface area contributed by atoms with Gasteiger partial charge in [0.15, 0.2) is 0 Å². The van der Waals surface area contributed by atoms with Crippen LogP contribution >= 0.6 is 0 Å². The molecule has 5 heteroatoms. The highest BCUT2D eigenvalue weighted by Crippen LogP contribution is 2.19. The Balaban J connectivity index is 2.86. The lowest BCUT2D eigenvalue weighted by Crippen LogP contribution is -2.39. The lowest BCUT2D eigenvalue weighted by atomic mass is 10.1. The lowest BCUT2D eigenvalue weighted by Gasteiger charge is -2.28. The molecule has 13 heavy (non-hydrogen) atoms. The second kappa shape index (κ2) is 3.55. The summed E-state index contributed by atoms with van der Waals surface area (Å²) in [4.78, 5) is 11.6. The topological polar surface area (TPSA) is 40.5 Å². The van der Waals surface area contributed by atoms with Gasteiger partial charge in [0.25, 0.3) is 6.43 Å². The lowest BCUT2D eigenvalue weighted by molar-refractivity contribution is -0.140. The van der Waals surface area contributed by atoms with Crippen LogP contribution < -0.4 is 0 Å². The molecular formula is C8H9F2NO2. The highest BCUT2D eigenvalue weighted by molar-refractivity contribution is 5.76. The van der Waals surface area contributed by atoms with Crippen molar-refractivity contribution in [1.29, 1.82) is 0 Å². The van der Waals surface area contributed by atoms with E-state index in [2.05, 4.69) is 0 Å². The first-order valence-electron chi connectivity index (χ1n) is 3.66. The Morgan fingerprint density at radius 2 is 2.31 bits per heavy atom. The van der Waals surface area contributed by atoms with E-state index in [4.69, 9.17) is 5.11 Å². The van der Waals surface area contributed by atoms with Crippen molar-refractivity contribution in [1.82, 2.24) is 4.90 Å². The third-order valence-corrected chi connectivity index (χ3v) is 1.86. The summed E-state index contributed by atoms with van der Waals surface area (Å²) in [5.41, 5.74) is -0.269. The zero-order valence-electron chi connectivity index (χ0n) is 6.95. The molecule has 0 aromatic heterocycles. The van der Waals surface area contributed by atoms with Crippen molar-refractivity contribution in [2.45, 2.75) is 12.5 Å². The van der Waals surface area contributed by atoms with Gasteiger partial charge in [0.1, 0.15) is 6.04 Å². The van der Waals surface area contributed by atoms with Crippen molar-refractivity contribution in [3.63, 3.8) is 0 Å². The first-order chi connectivity index (χ1) is 6.04. The van der Waals surface area contributed by atoms with Crippen molar-refractivity contribution in [2.24, 2.45) is 0 Å². The van der Waals surface area contributed by atoms with Gasteiger partial charge in [-0.2, -0.15) is 0 Å². The van der Waals surface area contributed by atoms with Gasteiger partial charge < -0.3 is 10.0 Å². The maximum absolute atomic E-state index is 12.3. The van der Waals surface area contributed by atoms with Crippen LogP contribution in [0, 0.1) is 0 Å². The number of alkyl halides is 2. The van der Waals surface area contributed by atoms with Crippen LogP contribution in [0.1, 0.15) is 0 Å². The average Bonchev–Trinajstić information content (AvgIpc) is 2.03. The molecule has 0 saturated carbocycles. The molecule has 1 atom stereocenters. The minimum atomic E-state index is -2.64. The van der Waals surface area contributed by atoms with Gasteiger partial charge in [-0.05, 0) is 6.08 Å². The quantitative estimate of drug-likeness (QED) is 0.706. The first-order valence-corrected chi connectivity index (χ1v) is 3.66. The average molecular weight is 189 g/mol. The minimum Gasteiger partial charge on any atom is -0.479 e. The molecule has 0 fully saturated rings. The molecule has 3 nitrogen and oxygen atoms in total. The van der Waals surface area contributed by atoms with E-state index in [1.54, 1.807) is 0 Å². The van der Waals surface area contributed by atoms with Crippen molar-refractivity contribution in [3.8, 4) is 0 Å². The van der Waals surface area contributed by atoms with Gasteiger partial charge in [-0.25, -0.2) is 13.6 Å². The van der Waals surface area contributed by atoms with Gasteiger partial charge in [0, 0.05) is 7.05 Å². The maximum Gasteiger partial charge on any atom is 0.330 e. The first kappa shape index (κ1) is 9.70. The number of likely N-dealkylation sites (N-methyl/N-ethyl adjacent to an activating group) is 1. The van der Waals surface area contributed by atoms with Gasteiger partial charge in [-0.15, -0.1) is 0 Å². The fraction of sp³-hybridized carbons (Fsp3) is 0.375. The van der Waals surface area contributed by atoms with Gasteiger partial charge >= 0.3 is 5.97 Å². The second-order valence-electron chi connectivity index (χ2n) is 2.67. The summed E-state index contributed by atoms with van der Waals surface area (Å²) in [6.07, 6.45) is 1.26. The fourth-order valence-electron chi connectivity index (χ4n) is 1.14. The maximum atomic E-state index is 12.3. The van der Waals surface area contributed by atoms with Gasteiger partial charge in [-0.1, -0.05) is 12.2 Å². The molecule has 0 saturated heterocycles. The summed E-state index contributed by atoms with van der Waals surface area (Å²) in [6.45, 7) is 0. The van der Waals surface area contributed by atoms with E-state index in [-0.39, 0.29) is 5.70 Å². The van der Waals surface area contributed by atoms with Crippen LogP contribution in [0.4, 0.5) is 8.78 Å². The molecule has 0 aromatic carbocycles. The molecule has 0 bridgehead atoms. The molecule has 0 spiro atoms. The molecule has 1 aliphatic heterocycles. The van der Waals surface area contributed by atoms with E-state index in [0.29, 0.717) is 0 Å². The zero-order chi connectivity index (χ0) is 10.0. The molecule has 0 amide bonds. The number of carboxylic acid groups (broad SMARTS) is 1. The van der Waals surface area contributed by atoms with Crippen molar-refractivity contribution in [3.05, 3.63) is 23.9 Å². The molecule has 1 N–H and O–H groups in total. The summed E-state index contributed by atoms with van der Waals surface area (Å²) in [7, 11) is 1.33. The van der Waals surface area contributed by atoms with Crippen LogP contribution in [0.3, 0.4) is 0 Å². The Hall–Kier alpha value is -1.39. The number of aliphatic carboxylic acids is 1. The molecule has 1 aliphatic rings. The Morgan fingerprint density at radius 3 is 2.77 bits per heavy atom. The van der Waals surface area contributed by atoms with E-state index in [0.717, 1.165) is 4.90 Å². The number of halogens is 2. The predicted octanol–water partition coefficient (Wildman–Crippen LogP) is 1.09. The number of carbonyl (C=O) groups is 1. The smallest absolute Gasteiger partial charge is 0.330 e. The van der Waals surface area contributed by atoms with E-state index in [1.807, 2.05) is 0 Å². The summed E-state index contributed by atoms with van der Waals surface area (Å²) in [5.74, 6) is -1.13. The van der Waals surface area contributed by atoms with Crippen LogP contribution in [0.5, 0.6) is 0 Å². The van der Waals surface area contributed by atoms with Gasteiger partial charge in [0.05, 0.1) is 5.70 Å². The second-order valence-corrected chi connectivity index (χ2v) is 2.67. The van der Waals surface area contributed by atoms with Crippen molar-refractivity contribution >= 4 is 5.97 Å². The Labute approximate surface area is 74.0 Å². The van der Waals surface area contributed by atoms with Crippen molar-refractivity contribution < 1.29 is 18.7 Å². The molecule has 1 heterocycles. The van der Waals surface area contributed by atoms with Crippen LogP contribution in [-0.2, 0) is 4.79 Å². The normalized spacial score (nSPS) is 22.0. The summed E-state index contributed by atoms with van der Waals surface area (Å²) >= 11 is 0. The predicted molar refractivity (Wildman–Crippen MR) is 42.4 cm³/mol. The monoisotopic (exact) mass is 189 g/mol. The SMILES string of the molecule is CN1C(C(F)F)=CC=CC1C(=O)O. The van der Waals surface area contributed by atoms with E-state index < -0.39 is 18.4 Å². The molecule has 72 valence electrons. The number of hydrogen-bond acceptors (Lipinski definition) is 2. The Bertz CT molecular complexity index is 273. The van der Waals surface area contributed by atoms with Crippen LogP contribution in [-0.4, -0.2) is 35.5 Å². The number of carboxylic acids is 1. The van der Waals surface area contributed by atoms with Crippen LogP contribution in [0.2, 0.25) is 0 Å². The highest BCUT2D eigenvalue weighted by Gasteiger charge is 2.27. The molecule has 0 radical (unpaired) electrons. The number of rotatable bonds is 2. The third-order valence-electron chi connectivity index (χ3n) is 1.86. The summed E-state index contributed by atoms with van der Waals surface area (Å²) in [6, 6.07) is -0.992. The standard InChI is InChI=1S/C8H9F2NO2/c1-11-5(7(9)10)3-2-4-6(11)8(12)13/h2-4,6-7H,1H3,(H,12,13). The minimum absolute atomic E-state index is 0.269. The van der Waals surface area contributed by atoms with Crippen LogP contribution in [0.15, 0.2) is 23.9 Å². The van der Waals surface area contributed by atoms with Crippen LogP contribution in [0.25, 0.3) is 0 Å². The number of hydrogen-bond donors (Lipinski definition) is 1. The molecule has 1 rings (SSSR count). The molecule has 0 aromatic rings. The van der Waals surface area contributed by atoms with E-state index in [1.165, 1.54) is 25.3 Å². The van der Waals surface area contributed by atoms with Gasteiger partial charge in [-0.3, -0.25) is 0 Å². The molecule has 0 aliphatic carbocycles. The highest BCUT2D eigenvalue weighted by atomic mass is 19.3. The zero-order valence-corrected chi connectivity index (χ0v) is 6.95. The Kier molecular flexibility index (Phi) is 2.65.